The number of aromatic nitrogens is 1. The Hall–Kier alpha value is -2.89. The van der Waals surface area contributed by atoms with Gasteiger partial charge in [0, 0.05) is 12.7 Å². The van der Waals surface area contributed by atoms with E-state index in [4.69, 9.17) is 23.2 Å². The number of nitrogens with zero attached hydrogens (tertiary/aromatic N) is 1. The summed E-state index contributed by atoms with van der Waals surface area (Å²) in [7, 11) is -3.88. The van der Waals surface area contributed by atoms with E-state index in [1.807, 2.05) is 0 Å². The number of alkyl halides is 3. The number of sulfonamides is 1. The lowest BCUT2D eigenvalue weighted by Gasteiger charge is -2.11. The molecule has 0 aliphatic rings. The number of amides is 1. The molecule has 0 saturated heterocycles. The first kappa shape index (κ1) is 26.7. The molecule has 1 heterocycles. The smallest absolute Gasteiger partial charge is 0.348 e. The highest BCUT2D eigenvalue weighted by Gasteiger charge is 2.32. The first-order valence-electron chi connectivity index (χ1n) is 9.89. The third-order valence-electron chi connectivity index (χ3n) is 4.73. The second kappa shape index (κ2) is 10.8. The van der Waals surface area contributed by atoms with Gasteiger partial charge in [0.1, 0.15) is 11.5 Å². The fourth-order valence-corrected chi connectivity index (χ4v) is 4.44. The van der Waals surface area contributed by atoms with Crippen LogP contribution in [-0.4, -0.2) is 25.1 Å². The summed E-state index contributed by atoms with van der Waals surface area (Å²) in [4.78, 5) is 15.5. The summed E-state index contributed by atoms with van der Waals surface area (Å²) < 4.78 is 79.1. The van der Waals surface area contributed by atoms with Crippen molar-refractivity contribution in [2.75, 3.05) is 10.5 Å². The van der Waals surface area contributed by atoms with Crippen LogP contribution in [0, 0.1) is 5.82 Å². The Morgan fingerprint density at radius 3 is 2.43 bits per heavy atom. The Bertz CT molecular complexity index is 1330. The summed E-state index contributed by atoms with van der Waals surface area (Å²) in [6.07, 6.45) is -3.57. The Labute approximate surface area is 208 Å². The number of carbonyl (C=O) groups excluding carboxylic acids is 1. The molecule has 186 valence electrons. The highest BCUT2D eigenvalue weighted by Crippen LogP contribution is 2.27. The molecule has 3 aromatic rings. The summed E-state index contributed by atoms with van der Waals surface area (Å²) in [6.45, 7) is -0.191. The van der Waals surface area contributed by atoms with Gasteiger partial charge >= 0.3 is 6.18 Å². The van der Waals surface area contributed by atoms with Gasteiger partial charge in [-0.15, -0.1) is 0 Å². The summed E-state index contributed by atoms with van der Waals surface area (Å²) in [5.41, 5.74) is -0.740. The Morgan fingerprint density at radius 1 is 1.06 bits per heavy atom. The molecule has 0 bridgehead atoms. The number of anilines is 1. The molecule has 0 fully saturated rings. The second-order valence-electron chi connectivity index (χ2n) is 7.31. The zero-order valence-corrected chi connectivity index (χ0v) is 20.0. The highest BCUT2D eigenvalue weighted by molar-refractivity contribution is 7.92. The van der Waals surface area contributed by atoms with Gasteiger partial charge in [0.05, 0.1) is 27.0 Å². The molecule has 13 heteroatoms. The third kappa shape index (κ3) is 7.30. The highest BCUT2D eigenvalue weighted by atomic mass is 35.5. The number of nitrogens with one attached hydrogen (secondary N) is 2. The van der Waals surface area contributed by atoms with Crippen molar-refractivity contribution in [3.05, 3.63) is 93.0 Å². The summed E-state index contributed by atoms with van der Waals surface area (Å²) in [5.74, 6) is -2.18. The molecular formula is C22H17Cl2F4N3O3S. The molecule has 0 aliphatic carbocycles. The lowest BCUT2D eigenvalue weighted by atomic mass is 10.1. The van der Waals surface area contributed by atoms with Crippen LogP contribution in [0.3, 0.4) is 0 Å². The van der Waals surface area contributed by atoms with Gasteiger partial charge in [-0.05, 0) is 47.9 Å². The average Bonchev–Trinajstić information content (AvgIpc) is 2.78. The minimum atomic E-state index is -4.59. The zero-order valence-electron chi connectivity index (χ0n) is 17.7. The maximum Gasteiger partial charge on any atom is 0.433 e. The quantitative estimate of drug-likeness (QED) is 0.365. The molecule has 1 aromatic heterocycles. The number of benzene rings is 2. The molecule has 0 unspecified atom stereocenters. The van der Waals surface area contributed by atoms with Crippen molar-refractivity contribution in [3.63, 3.8) is 0 Å². The average molecular weight is 550 g/mol. The molecule has 0 spiro atoms. The molecule has 2 N–H and O–H groups in total. The molecule has 0 saturated carbocycles. The Morgan fingerprint density at radius 2 is 1.80 bits per heavy atom. The van der Waals surface area contributed by atoms with E-state index >= 15 is 0 Å². The molecule has 0 radical (unpaired) electrons. The van der Waals surface area contributed by atoms with E-state index in [-0.39, 0.29) is 40.6 Å². The van der Waals surface area contributed by atoms with E-state index in [0.717, 1.165) is 30.5 Å². The summed E-state index contributed by atoms with van der Waals surface area (Å²) in [5, 5.41) is 2.91. The Balaban J connectivity index is 1.60. The van der Waals surface area contributed by atoms with Crippen molar-refractivity contribution >= 4 is 44.8 Å². The molecule has 2 aromatic carbocycles. The molecule has 6 nitrogen and oxygen atoms in total. The standard InChI is InChI=1S/C22H17Cl2F4N3O3S/c23-17-3-1-2-14(20(17)24)8-9-35(33,34)31-15-5-6-16(18(25)10-15)21(32)30-12-13-4-7-19(29-11-13)22(26,27)28/h1-7,10-11,31H,8-9,12H2,(H,30,32). The van der Waals surface area contributed by atoms with Crippen LogP contribution < -0.4 is 10.0 Å². The molecular weight excluding hydrogens is 533 g/mol. The predicted molar refractivity (Wildman–Crippen MR) is 124 cm³/mol. The van der Waals surface area contributed by atoms with E-state index in [2.05, 4.69) is 15.0 Å². The molecule has 0 aliphatic heterocycles. The number of pyridine rings is 1. The van der Waals surface area contributed by atoms with Crippen LogP contribution in [0.2, 0.25) is 10.0 Å². The lowest BCUT2D eigenvalue weighted by molar-refractivity contribution is -0.141. The van der Waals surface area contributed by atoms with Gasteiger partial charge in [0.25, 0.3) is 5.91 Å². The van der Waals surface area contributed by atoms with E-state index in [0.29, 0.717) is 10.6 Å². The largest absolute Gasteiger partial charge is 0.433 e. The molecule has 35 heavy (non-hydrogen) atoms. The Kier molecular flexibility index (Phi) is 8.24. The van der Waals surface area contributed by atoms with Crippen molar-refractivity contribution in [1.29, 1.82) is 0 Å². The molecule has 1 amide bonds. The zero-order chi connectivity index (χ0) is 25.8. The fraction of sp³-hybridized carbons (Fsp3) is 0.182. The minimum absolute atomic E-state index is 0.0660. The van der Waals surface area contributed by atoms with Gasteiger partial charge in [-0.2, -0.15) is 13.2 Å². The van der Waals surface area contributed by atoms with Crippen LogP contribution in [0.5, 0.6) is 0 Å². The van der Waals surface area contributed by atoms with Crippen molar-refractivity contribution < 1.29 is 30.8 Å². The monoisotopic (exact) mass is 549 g/mol. The van der Waals surface area contributed by atoms with Crippen LogP contribution in [0.25, 0.3) is 0 Å². The lowest BCUT2D eigenvalue weighted by Crippen LogP contribution is -2.24. The van der Waals surface area contributed by atoms with E-state index in [9.17, 15) is 30.8 Å². The number of aryl methyl sites for hydroxylation is 1. The molecule has 3 rings (SSSR count). The van der Waals surface area contributed by atoms with Gasteiger partial charge in [-0.1, -0.05) is 41.4 Å². The SMILES string of the molecule is O=C(NCc1ccc(C(F)(F)F)nc1)c1ccc(NS(=O)(=O)CCc2cccc(Cl)c2Cl)cc1F. The maximum absolute atomic E-state index is 14.5. The first-order valence-corrected chi connectivity index (χ1v) is 12.3. The van der Waals surface area contributed by atoms with E-state index < -0.39 is 33.6 Å². The van der Waals surface area contributed by atoms with Crippen molar-refractivity contribution in [2.45, 2.75) is 19.1 Å². The van der Waals surface area contributed by atoms with Crippen LogP contribution in [0.4, 0.5) is 23.2 Å². The summed E-state index contributed by atoms with van der Waals surface area (Å²) in [6, 6.07) is 9.89. The molecule has 0 atom stereocenters. The van der Waals surface area contributed by atoms with Gasteiger partial charge in [0.2, 0.25) is 10.0 Å². The van der Waals surface area contributed by atoms with Crippen LogP contribution >= 0.6 is 23.2 Å². The van der Waals surface area contributed by atoms with E-state index in [1.54, 1.807) is 18.2 Å². The first-order chi connectivity index (χ1) is 16.4. The third-order valence-corrected chi connectivity index (χ3v) is 6.87. The number of rotatable bonds is 8. The van der Waals surface area contributed by atoms with Gasteiger partial charge in [-0.3, -0.25) is 14.5 Å². The topological polar surface area (TPSA) is 88.2 Å². The number of hydrogen-bond acceptors (Lipinski definition) is 4. The van der Waals surface area contributed by atoms with E-state index in [1.165, 1.54) is 6.07 Å². The normalized spacial score (nSPS) is 11.8. The van der Waals surface area contributed by atoms with Crippen LogP contribution in [0.1, 0.15) is 27.2 Å². The number of hydrogen-bond donors (Lipinski definition) is 2. The van der Waals surface area contributed by atoms with Crippen LogP contribution in [0.15, 0.2) is 54.7 Å². The number of halogens is 6. The van der Waals surface area contributed by atoms with Gasteiger partial charge in [-0.25, -0.2) is 12.8 Å². The minimum Gasteiger partial charge on any atom is -0.348 e. The second-order valence-corrected chi connectivity index (χ2v) is 9.94. The van der Waals surface area contributed by atoms with Crippen molar-refractivity contribution in [2.24, 2.45) is 0 Å². The van der Waals surface area contributed by atoms with Gasteiger partial charge in [0.15, 0.2) is 0 Å². The number of carbonyl (C=O) groups is 1. The van der Waals surface area contributed by atoms with Crippen molar-refractivity contribution in [1.82, 2.24) is 10.3 Å². The van der Waals surface area contributed by atoms with Crippen LogP contribution in [-0.2, 0) is 29.2 Å². The summed E-state index contributed by atoms with van der Waals surface area (Å²) >= 11 is 12.0. The van der Waals surface area contributed by atoms with Gasteiger partial charge < -0.3 is 5.32 Å². The van der Waals surface area contributed by atoms with Crippen molar-refractivity contribution in [3.8, 4) is 0 Å². The fourth-order valence-electron chi connectivity index (χ4n) is 2.95. The maximum atomic E-state index is 14.5. The predicted octanol–water partition coefficient (Wildman–Crippen LogP) is 5.46.